The van der Waals surface area contributed by atoms with E-state index in [2.05, 4.69) is 0 Å². The Balaban J connectivity index is 2.44. The molecule has 0 bridgehead atoms. The normalized spacial score (nSPS) is 11.9. The molecule has 2 N–H and O–H groups in total. The molecule has 0 aliphatic heterocycles. The van der Waals surface area contributed by atoms with E-state index in [1.807, 2.05) is 6.92 Å². The summed E-state index contributed by atoms with van der Waals surface area (Å²) in [5.74, 6) is -0.154. The molecule has 2 aromatic rings. The first-order valence-electron chi connectivity index (χ1n) is 6.79. The van der Waals surface area contributed by atoms with Gasteiger partial charge in [0, 0.05) is 4.90 Å². The SMILES string of the molecule is CCCOc1ccc(-c2cccc(S(=O)[O-])c2)cc1C(N)=O. The molecule has 0 fully saturated rings. The first kappa shape index (κ1) is 16.2. The summed E-state index contributed by atoms with van der Waals surface area (Å²) in [6.07, 6.45) is 0.817. The molecule has 0 radical (unpaired) electrons. The van der Waals surface area contributed by atoms with Crippen LogP contribution < -0.4 is 10.5 Å². The number of primary amides is 1. The third-order valence-electron chi connectivity index (χ3n) is 3.07. The van der Waals surface area contributed by atoms with Gasteiger partial charge in [-0.2, -0.15) is 0 Å². The van der Waals surface area contributed by atoms with Crippen LogP contribution in [-0.4, -0.2) is 21.3 Å². The number of benzene rings is 2. The third-order valence-corrected chi connectivity index (χ3v) is 3.71. The number of carbonyl (C=O) groups excluding carboxylic acids is 1. The number of amides is 1. The summed E-state index contributed by atoms with van der Waals surface area (Å²) in [7, 11) is 0. The second-order valence-electron chi connectivity index (χ2n) is 4.69. The van der Waals surface area contributed by atoms with Crippen LogP contribution in [0.5, 0.6) is 5.75 Å². The molecular weight excluding hydrogens is 302 g/mol. The summed E-state index contributed by atoms with van der Waals surface area (Å²) in [4.78, 5) is 11.8. The molecule has 2 rings (SSSR count). The van der Waals surface area contributed by atoms with E-state index >= 15 is 0 Å². The Bertz CT molecular complexity index is 715. The Kier molecular flexibility index (Phi) is 5.30. The van der Waals surface area contributed by atoms with Crippen LogP contribution in [0.25, 0.3) is 11.1 Å². The van der Waals surface area contributed by atoms with Gasteiger partial charge in [-0.3, -0.25) is 9.00 Å². The van der Waals surface area contributed by atoms with Crippen molar-refractivity contribution in [2.24, 2.45) is 5.73 Å². The molecule has 0 saturated heterocycles. The monoisotopic (exact) mass is 318 g/mol. The molecule has 116 valence electrons. The molecular formula is C16H16NO4S-. The smallest absolute Gasteiger partial charge is 0.252 e. The molecule has 0 heterocycles. The first-order valence-corrected chi connectivity index (χ1v) is 7.86. The number of hydrogen-bond acceptors (Lipinski definition) is 4. The van der Waals surface area contributed by atoms with Crippen molar-refractivity contribution in [1.29, 1.82) is 0 Å². The van der Waals surface area contributed by atoms with Crippen LogP contribution in [0.2, 0.25) is 0 Å². The van der Waals surface area contributed by atoms with Crippen LogP contribution in [0.15, 0.2) is 47.4 Å². The Hall–Kier alpha value is -2.18. The van der Waals surface area contributed by atoms with Crippen molar-refractivity contribution in [2.75, 3.05) is 6.61 Å². The van der Waals surface area contributed by atoms with Gasteiger partial charge in [0.2, 0.25) is 0 Å². The fourth-order valence-corrected chi connectivity index (χ4v) is 2.43. The van der Waals surface area contributed by atoms with Gasteiger partial charge in [-0.1, -0.05) is 25.1 Å². The average Bonchev–Trinajstić information content (AvgIpc) is 2.52. The van der Waals surface area contributed by atoms with Gasteiger partial charge in [-0.15, -0.1) is 0 Å². The molecule has 0 aromatic heterocycles. The largest absolute Gasteiger partial charge is 0.768 e. The van der Waals surface area contributed by atoms with Crippen LogP contribution >= 0.6 is 0 Å². The summed E-state index contributed by atoms with van der Waals surface area (Å²) in [6, 6.07) is 11.5. The highest BCUT2D eigenvalue weighted by atomic mass is 32.2. The second kappa shape index (κ2) is 7.20. The minimum Gasteiger partial charge on any atom is -0.768 e. The van der Waals surface area contributed by atoms with Crippen LogP contribution in [0.3, 0.4) is 0 Å². The average molecular weight is 318 g/mol. The van der Waals surface area contributed by atoms with E-state index in [4.69, 9.17) is 10.5 Å². The molecule has 22 heavy (non-hydrogen) atoms. The lowest BCUT2D eigenvalue weighted by Gasteiger charge is -2.12. The van der Waals surface area contributed by atoms with Crippen molar-refractivity contribution >= 4 is 17.0 Å². The third kappa shape index (κ3) is 3.72. The van der Waals surface area contributed by atoms with Gasteiger partial charge < -0.3 is 15.0 Å². The van der Waals surface area contributed by atoms with E-state index in [0.717, 1.165) is 6.42 Å². The van der Waals surface area contributed by atoms with Gasteiger partial charge in [0.05, 0.1) is 12.2 Å². The number of carbonyl (C=O) groups is 1. The maximum absolute atomic E-state index is 11.6. The van der Waals surface area contributed by atoms with Crippen LogP contribution in [0.1, 0.15) is 23.7 Å². The fourth-order valence-electron chi connectivity index (χ4n) is 2.02. The lowest BCUT2D eigenvalue weighted by Crippen LogP contribution is -2.13. The summed E-state index contributed by atoms with van der Waals surface area (Å²) in [5.41, 5.74) is 7.06. The van der Waals surface area contributed by atoms with Crippen molar-refractivity contribution in [3.05, 3.63) is 48.0 Å². The highest BCUT2D eigenvalue weighted by Crippen LogP contribution is 2.27. The van der Waals surface area contributed by atoms with Crippen molar-refractivity contribution in [3.63, 3.8) is 0 Å². The molecule has 1 amide bonds. The predicted octanol–water partition coefficient (Wildman–Crippen LogP) is 2.48. The van der Waals surface area contributed by atoms with Crippen molar-refractivity contribution < 1.29 is 18.3 Å². The van der Waals surface area contributed by atoms with Gasteiger partial charge in [0.1, 0.15) is 5.75 Å². The van der Waals surface area contributed by atoms with E-state index in [1.54, 1.807) is 30.3 Å². The molecule has 0 spiro atoms. The van der Waals surface area contributed by atoms with Gasteiger partial charge in [0.25, 0.3) is 5.91 Å². The van der Waals surface area contributed by atoms with Gasteiger partial charge in [-0.05, 0) is 52.9 Å². The Labute approximate surface area is 131 Å². The zero-order chi connectivity index (χ0) is 16.1. The van der Waals surface area contributed by atoms with Gasteiger partial charge in [0.15, 0.2) is 0 Å². The molecule has 1 unspecified atom stereocenters. The summed E-state index contributed by atoms with van der Waals surface area (Å²) in [5, 5.41) is 0. The van der Waals surface area contributed by atoms with Crippen molar-refractivity contribution in [2.45, 2.75) is 18.2 Å². The van der Waals surface area contributed by atoms with E-state index in [-0.39, 0.29) is 10.5 Å². The molecule has 6 heteroatoms. The lowest BCUT2D eigenvalue weighted by atomic mass is 10.0. The van der Waals surface area contributed by atoms with Crippen LogP contribution in [0.4, 0.5) is 0 Å². The Morgan fingerprint density at radius 1 is 1.23 bits per heavy atom. The molecule has 0 aliphatic rings. The van der Waals surface area contributed by atoms with Crippen LogP contribution in [-0.2, 0) is 11.1 Å². The van der Waals surface area contributed by atoms with E-state index in [9.17, 15) is 13.6 Å². The summed E-state index contributed by atoms with van der Waals surface area (Å²) >= 11 is -2.30. The zero-order valence-electron chi connectivity index (χ0n) is 12.1. The number of hydrogen-bond donors (Lipinski definition) is 1. The van der Waals surface area contributed by atoms with Crippen molar-refractivity contribution in [1.82, 2.24) is 0 Å². The van der Waals surface area contributed by atoms with E-state index in [1.165, 1.54) is 12.1 Å². The fraction of sp³-hybridized carbons (Fsp3) is 0.188. The number of nitrogens with two attached hydrogens (primary N) is 1. The highest BCUT2D eigenvalue weighted by Gasteiger charge is 2.11. The highest BCUT2D eigenvalue weighted by molar-refractivity contribution is 7.79. The van der Waals surface area contributed by atoms with Gasteiger partial charge in [-0.25, -0.2) is 0 Å². The Morgan fingerprint density at radius 2 is 1.95 bits per heavy atom. The quantitative estimate of drug-likeness (QED) is 0.828. The molecule has 0 aliphatic carbocycles. The molecule has 1 atom stereocenters. The Morgan fingerprint density at radius 3 is 2.59 bits per heavy atom. The number of rotatable bonds is 6. The topological polar surface area (TPSA) is 92.4 Å². The minimum atomic E-state index is -2.30. The first-order chi connectivity index (χ1) is 10.5. The molecule has 2 aromatic carbocycles. The van der Waals surface area contributed by atoms with Crippen molar-refractivity contribution in [3.8, 4) is 16.9 Å². The van der Waals surface area contributed by atoms with E-state index < -0.39 is 17.0 Å². The van der Waals surface area contributed by atoms with Crippen LogP contribution in [0, 0.1) is 0 Å². The lowest BCUT2D eigenvalue weighted by molar-refractivity contribution is 0.0996. The standard InChI is InChI=1S/C16H17NO4S/c1-2-8-21-15-7-6-12(10-14(15)16(17)18)11-4-3-5-13(9-11)22(19)20/h3-7,9-10H,2,8H2,1H3,(H2,17,18)(H,19,20)/p-1. The summed E-state index contributed by atoms with van der Waals surface area (Å²) < 4.78 is 27.6. The molecule has 0 saturated carbocycles. The molecule has 5 nitrogen and oxygen atoms in total. The predicted molar refractivity (Wildman–Crippen MR) is 83.4 cm³/mol. The second-order valence-corrected chi connectivity index (χ2v) is 5.63. The maximum atomic E-state index is 11.6. The maximum Gasteiger partial charge on any atom is 0.252 e. The van der Waals surface area contributed by atoms with Gasteiger partial charge >= 0.3 is 0 Å². The van der Waals surface area contributed by atoms with E-state index in [0.29, 0.717) is 23.5 Å². The zero-order valence-corrected chi connectivity index (χ0v) is 12.9. The summed E-state index contributed by atoms with van der Waals surface area (Å²) in [6.45, 7) is 2.46. The minimum absolute atomic E-state index is 0.185. The number of ether oxygens (including phenoxy) is 1.